The molecule has 0 unspecified atom stereocenters. The first-order valence-corrected chi connectivity index (χ1v) is 8.92. The standard InChI is InChI=1S/C20H28O5/c1-6-9-22-17-16(23-19-18(17)24-20(4,5)25-19)15(21)14-11-12(7-2)10-13(14)8-3/h6-8,12-14,16-19H,1-3,9-11H2,4-5H3/t12-,13+,14-,16+,17-,18+,19+/m0/s1. The Balaban J connectivity index is 1.78. The first-order valence-electron chi connectivity index (χ1n) is 8.92. The van der Waals surface area contributed by atoms with Gasteiger partial charge in [0.25, 0.3) is 0 Å². The summed E-state index contributed by atoms with van der Waals surface area (Å²) in [5.41, 5.74) is 0. The lowest BCUT2D eigenvalue weighted by molar-refractivity contribution is -0.218. The lowest BCUT2D eigenvalue weighted by Crippen LogP contribution is -2.43. The molecule has 5 heteroatoms. The topological polar surface area (TPSA) is 54.0 Å². The minimum atomic E-state index is -0.746. The summed E-state index contributed by atoms with van der Waals surface area (Å²) in [6, 6.07) is 0. The van der Waals surface area contributed by atoms with Gasteiger partial charge in [-0.2, -0.15) is 0 Å². The molecule has 25 heavy (non-hydrogen) atoms. The molecule has 0 N–H and O–H groups in total. The minimum absolute atomic E-state index is 0.0442. The second-order valence-corrected chi connectivity index (χ2v) is 7.49. The predicted octanol–water partition coefficient (Wildman–Crippen LogP) is 3.02. The summed E-state index contributed by atoms with van der Waals surface area (Å²) >= 11 is 0. The number of hydrogen-bond acceptors (Lipinski definition) is 5. The summed E-state index contributed by atoms with van der Waals surface area (Å²) in [7, 11) is 0. The fourth-order valence-electron chi connectivity index (χ4n) is 4.17. The van der Waals surface area contributed by atoms with Gasteiger partial charge in [0.1, 0.15) is 18.3 Å². The van der Waals surface area contributed by atoms with Crippen molar-refractivity contribution in [2.45, 2.75) is 57.1 Å². The summed E-state index contributed by atoms with van der Waals surface area (Å²) < 4.78 is 23.5. The Kier molecular flexibility index (Phi) is 5.30. The van der Waals surface area contributed by atoms with E-state index >= 15 is 0 Å². The van der Waals surface area contributed by atoms with Gasteiger partial charge in [0.15, 0.2) is 17.9 Å². The molecular weight excluding hydrogens is 320 g/mol. The second-order valence-electron chi connectivity index (χ2n) is 7.49. The molecule has 1 aliphatic carbocycles. The van der Waals surface area contributed by atoms with Crippen molar-refractivity contribution in [2.75, 3.05) is 6.61 Å². The van der Waals surface area contributed by atoms with Crippen LogP contribution in [-0.2, 0) is 23.7 Å². The smallest absolute Gasteiger partial charge is 0.190 e. The van der Waals surface area contributed by atoms with Crippen LogP contribution in [0, 0.1) is 17.8 Å². The van der Waals surface area contributed by atoms with Crippen molar-refractivity contribution in [3.63, 3.8) is 0 Å². The molecule has 0 aromatic heterocycles. The average Bonchev–Trinajstić information content (AvgIpc) is 3.21. The SMILES string of the molecule is C=CCO[C@@H]1[C@H]2OC(C)(C)O[C@H]2O[C@@H]1C(=O)[C@H]1C[C@@H](C=C)C[C@H]1C=C. The Morgan fingerprint density at radius 1 is 1.20 bits per heavy atom. The monoisotopic (exact) mass is 348 g/mol. The molecule has 0 radical (unpaired) electrons. The van der Waals surface area contributed by atoms with Gasteiger partial charge in [-0.1, -0.05) is 18.2 Å². The van der Waals surface area contributed by atoms with Crippen molar-refractivity contribution in [1.29, 1.82) is 0 Å². The second kappa shape index (κ2) is 7.16. The maximum atomic E-state index is 13.2. The van der Waals surface area contributed by atoms with E-state index in [1.807, 2.05) is 26.0 Å². The molecule has 5 nitrogen and oxygen atoms in total. The Labute approximate surface area is 149 Å². The van der Waals surface area contributed by atoms with Crippen LogP contribution >= 0.6 is 0 Å². The lowest BCUT2D eigenvalue weighted by atomic mass is 9.87. The van der Waals surface area contributed by atoms with Crippen molar-refractivity contribution in [3.8, 4) is 0 Å². The molecule has 7 atom stereocenters. The normalized spacial score (nSPS) is 42.1. The van der Waals surface area contributed by atoms with Crippen molar-refractivity contribution in [3.05, 3.63) is 38.0 Å². The van der Waals surface area contributed by atoms with E-state index in [-0.39, 0.29) is 17.6 Å². The quantitative estimate of drug-likeness (QED) is 0.662. The summed E-state index contributed by atoms with van der Waals surface area (Å²) in [4.78, 5) is 13.2. The molecule has 2 heterocycles. The van der Waals surface area contributed by atoms with E-state index < -0.39 is 30.4 Å². The molecular formula is C20H28O5. The highest BCUT2D eigenvalue weighted by molar-refractivity contribution is 5.87. The summed E-state index contributed by atoms with van der Waals surface area (Å²) in [6.45, 7) is 15.4. The van der Waals surface area contributed by atoms with Crippen LogP contribution in [0.2, 0.25) is 0 Å². The highest BCUT2D eigenvalue weighted by atomic mass is 16.8. The Morgan fingerprint density at radius 3 is 2.60 bits per heavy atom. The van der Waals surface area contributed by atoms with Crippen LogP contribution in [0.1, 0.15) is 26.7 Å². The molecule has 3 aliphatic rings. The van der Waals surface area contributed by atoms with Crippen molar-refractivity contribution < 1.29 is 23.7 Å². The van der Waals surface area contributed by atoms with E-state index in [9.17, 15) is 4.79 Å². The molecule has 138 valence electrons. The van der Waals surface area contributed by atoms with Crippen LogP contribution in [0.25, 0.3) is 0 Å². The molecule has 0 spiro atoms. The van der Waals surface area contributed by atoms with Gasteiger partial charge >= 0.3 is 0 Å². The van der Waals surface area contributed by atoms with E-state index in [1.54, 1.807) is 6.08 Å². The Hall–Kier alpha value is -1.27. The maximum Gasteiger partial charge on any atom is 0.190 e. The summed E-state index contributed by atoms with van der Waals surface area (Å²) in [5.74, 6) is -0.367. The highest BCUT2D eigenvalue weighted by Crippen LogP contribution is 2.44. The fourth-order valence-corrected chi connectivity index (χ4v) is 4.17. The van der Waals surface area contributed by atoms with Gasteiger partial charge in [-0.3, -0.25) is 4.79 Å². The van der Waals surface area contributed by atoms with E-state index in [1.165, 1.54) is 0 Å². The van der Waals surface area contributed by atoms with Gasteiger partial charge in [0.05, 0.1) is 6.61 Å². The largest absolute Gasteiger partial charge is 0.368 e. The van der Waals surface area contributed by atoms with E-state index in [0.717, 1.165) is 12.8 Å². The first kappa shape index (κ1) is 18.5. The number of ether oxygens (including phenoxy) is 4. The Bertz CT molecular complexity index is 554. The number of carbonyl (C=O) groups excluding carboxylic acids is 1. The van der Waals surface area contributed by atoms with Crippen LogP contribution in [0.3, 0.4) is 0 Å². The zero-order valence-electron chi connectivity index (χ0n) is 15.1. The third kappa shape index (κ3) is 3.51. The van der Waals surface area contributed by atoms with Crippen LogP contribution in [0.15, 0.2) is 38.0 Å². The van der Waals surface area contributed by atoms with Gasteiger partial charge in [-0.15, -0.1) is 19.7 Å². The minimum Gasteiger partial charge on any atom is -0.368 e. The van der Waals surface area contributed by atoms with Gasteiger partial charge in [-0.25, -0.2) is 0 Å². The highest BCUT2D eigenvalue weighted by Gasteiger charge is 2.58. The van der Waals surface area contributed by atoms with Crippen LogP contribution in [-0.4, -0.2) is 42.8 Å². The number of hydrogen-bond donors (Lipinski definition) is 0. The summed E-state index contributed by atoms with van der Waals surface area (Å²) in [6.07, 6.45) is 4.95. The number of carbonyl (C=O) groups is 1. The zero-order valence-corrected chi connectivity index (χ0v) is 15.1. The number of ketones is 1. The van der Waals surface area contributed by atoms with Crippen LogP contribution in [0.5, 0.6) is 0 Å². The molecule has 0 aromatic carbocycles. The molecule has 3 rings (SSSR count). The molecule has 1 saturated carbocycles. The number of fused-ring (bicyclic) bond motifs is 1. The first-order chi connectivity index (χ1) is 11.9. The molecule has 0 amide bonds. The Morgan fingerprint density at radius 2 is 1.96 bits per heavy atom. The van der Waals surface area contributed by atoms with Crippen LogP contribution in [0.4, 0.5) is 0 Å². The van der Waals surface area contributed by atoms with Gasteiger partial charge in [0, 0.05) is 5.92 Å². The zero-order chi connectivity index (χ0) is 18.2. The van der Waals surface area contributed by atoms with Crippen molar-refractivity contribution in [1.82, 2.24) is 0 Å². The molecule has 2 saturated heterocycles. The van der Waals surface area contributed by atoms with Crippen LogP contribution < -0.4 is 0 Å². The molecule has 2 aliphatic heterocycles. The maximum absolute atomic E-state index is 13.2. The van der Waals surface area contributed by atoms with E-state index in [2.05, 4.69) is 19.7 Å². The number of Topliss-reactive ketones (excluding diaryl/α,β-unsaturated/α-hetero) is 1. The molecule has 0 bridgehead atoms. The lowest BCUT2D eigenvalue weighted by Gasteiger charge is -2.27. The van der Waals surface area contributed by atoms with Gasteiger partial charge < -0.3 is 18.9 Å². The van der Waals surface area contributed by atoms with Gasteiger partial charge in [0.2, 0.25) is 0 Å². The molecule has 0 aromatic rings. The third-order valence-corrected chi connectivity index (χ3v) is 5.33. The fraction of sp³-hybridized carbons (Fsp3) is 0.650. The van der Waals surface area contributed by atoms with Crippen molar-refractivity contribution in [2.24, 2.45) is 17.8 Å². The van der Waals surface area contributed by atoms with Gasteiger partial charge in [-0.05, 0) is 38.5 Å². The average molecular weight is 348 g/mol. The number of allylic oxidation sites excluding steroid dienone is 2. The predicted molar refractivity (Wildman–Crippen MR) is 93.7 cm³/mol. The van der Waals surface area contributed by atoms with Crippen molar-refractivity contribution >= 4 is 5.78 Å². The summed E-state index contributed by atoms with van der Waals surface area (Å²) in [5, 5.41) is 0. The molecule has 3 fully saturated rings. The number of rotatable bonds is 7. The third-order valence-electron chi connectivity index (χ3n) is 5.33. The van der Waals surface area contributed by atoms with E-state index in [0.29, 0.717) is 12.5 Å². The van der Waals surface area contributed by atoms with E-state index in [4.69, 9.17) is 18.9 Å².